The van der Waals surface area contributed by atoms with Gasteiger partial charge in [0.25, 0.3) is 0 Å². The van der Waals surface area contributed by atoms with Crippen LogP contribution in [0.4, 0.5) is 8.78 Å². The molecule has 2 aromatic rings. The molecule has 0 saturated carbocycles. The molecule has 0 bridgehead atoms. The van der Waals surface area contributed by atoms with E-state index in [4.69, 9.17) is 4.74 Å². The van der Waals surface area contributed by atoms with Crippen LogP contribution in [0, 0.1) is 11.6 Å². The summed E-state index contributed by atoms with van der Waals surface area (Å²) in [6.45, 7) is 1.57. The third-order valence-electron chi connectivity index (χ3n) is 3.44. The second-order valence-corrected chi connectivity index (χ2v) is 5.04. The molecule has 1 aliphatic rings. The summed E-state index contributed by atoms with van der Waals surface area (Å²) in [7, 11) is 0. The summed E-state index contributed by atoms with van der Waals surface area (Å²) in [6.07, 6.45) is 0.982. The highest BCUT2D eigenvalue weighted by atomic mass is 19.1. The first-order valence-electron chi connectivity index (χ1n) is 7.18. The molecule has 0 aromatic heterocycles. The molecule has 0 fully saturated rings. The highest BCUT2D eigenvalue weighted by molar-refractivity contribution is 5.99. The first-order valence-corrected chi connectivity index (χ1v) is 7.18. The maximum Gasteiger partial charge on any atom is 0.165 e. The van der Waals surface area contributed by atoms with E-state index in [1.54, 1.807) is 30.3 Å². The Bertz CT molecular complexity index is 701. The van der Waals surface area contributed by atoms with Gasteiger partial charge in [-0.25, -0.2) is 8.78 Å². The van der Waals surface area contributed by atoms with E-state index in [1.165, 1.54) is 12.1 Å². The topological polar surface area (TPSA) is 33.6 Å². The lowest BCUT2D eigenvalue weighted by molar-refractivity contribution is 0.285. The van der Waals surface area contributed by atoms with Gasteiger partial charge in [0.15, 0.2) is 11.6 Å². The number of amidine groups is 1. The minimum absolute atomic E-state index is 0.0118. The zero-order valence-corrected chi connectivity index (χ0v) is 12.0. The highest BCUT2D eigenvalue weighted by Crippen LogP contribution is 2.21. The summed E-state index contributed by atoms with van der Waals surface area (Å²) in [5.74, 6) is -0.0431. The van der Waals surface area contributed by atoms with E-state index in [0.717, 1.165) is 19.5 Å². The van der Waals surface area contributed by atoms with Crippen molar-refractivity contribution in [3.8, 4) is 5.75 Å². The summed E-state index contributed by atoms with van der Waals surface area (Å²) in [4.78, 5) is 4.32. The summed E-state index contributed by atoms with van der Waals surface area (Å²) in [5, 5.41) is 3.14. The van der Waals surface area contributed by atoms with Crippen LogP contribution in [0.2, 0.25) is 0 Å². The summed E-state index contributed by atoms with van der Waals surface area (Å²) in [5.41, 5.74) is 1.08. The van der Waals surface area contributed by atoms with Crippen molar-refractivity contribution in [2.45, 2.75) is 13.0 Å². The normalized spacial score (nSPS) is 14.2. The smallest absolute Gasteiger partial charge is 0.165 e. The lowest BCUT2D eigenvalue weighted by Crippen LogP contribution is -2.30. The molecule has 3 rings (SSSR count). The first-order chi connectivity index (χ1) is 10.7. The average molecular weight is 302 g/mol. The van der Waals surface area contributed by atoms with E-state index >= 15 is 0 Å². The molecule has 0 aliphatic carbocycles. The maximum atomic E-state index is 14.1. The fraction of sp³-hybridized carbons (Fsp3) is 0.235. The zero-order chi connectivity index (χ0) is 15.4. The molecular formula is C17H16F2N2O. The minimum Gasteiger partial charge on any atom is -0.486 e. The van der Waals surface area contributed by atoms with E-state index in [0.29, 0.717) is 17.0 Å². The summed E-state index contributed by atoms with van der Waals surface area (Å²) in [6, 6.07) is 11.0. The Hall–Kier alpha value is -2.43. The molecule has 0 atom stereocenters. The quantitative estimate of drug-likeness (QED) is 0.940. The molecule has 0 saturated heterocycles. The van der Waals surface area contributed by atoms with Crippen LogP contribution in [0.3, 0.4) is 0 Å². The van der Waals surface area contributed by atoms with Gasteiger partial charge in [-0.1, -0.05) is 18.2 Å². The molecule has 1 heterocycles. The van der Waals surface area contributed by atoms with Crippen molar-refractivity contribution in [1.29, 1.82) is 0 Å². The Labute approximate surface area is 127 Å². The van der Waals surface area contributed by atoms with Gasteiger partial charge in [0.05, 0.1) is 0 Å². The van der Waals surface area contributed by atoms with E-state index in [1.807, 2.05) is 0 Å². The molecule has 0 unspecified atom stereocenters. The summed E-state index contributed by atoms with van der Waals surface area (Å²) >= 11 is 0. The molecule has 1 aliphatic heterocycles. The van der Waals surface area contributed by atoms with Gasteiger partial charge in [0, 0.05) is 24.2 Å². The van der Waals surface area contributed by atoms with Crippen LogP contribution in [-0.2, 0) is 6.61 Å². The van der Waals surface area contributed by atoms with Crippen LogP contribution in [0.25, 0.3) is 0 Å². The number of ether oxygens (including phenoxy) is 1. The lowest BCUT2D eigenvalue weighted by Gasteiger charge is -2.15. The predicted molar refractivity (Wildman–Crippen MR) is 81.2 cm³/mol. The SMILES string of the molecule is Fc1ccccc1COc1ccc(C2=NCCCN2)cc1F. The Balaban J connectivity index is 1.72. The van der Waals surface area contributed by atoms with Gasteiger partial charge >= 0.3 is 0 Å². The average Bonchev–Trinajstić information content (AvgIpc) is 2.56. The van der Waals surface area contributed by atoms with Gasteiger partial charge < -0.3 is 10.1 Å². The van der Waals surface area contributed by atoms with Crippen LogP contribution in [0.5, 0.6) is 5.75 Å². The van der Waals surface area contributed by atoms with Crippen LogP contribution >= 0.6 is 0 Å². The standard InChI is InChI=1S/C17H16F2N2O/c18-14-5-2-1-4-13(14)11-22-16-7-6-12(10-15(16)19)17-20-8-3-9-21-17/h1-2,4-7,10H,3,8-9,11H2,(H,20,21). The van der Waals surface area contributed by atoms with Crippen molar-refractivity contribution in [3.05, 3.63) is 65.2 Å². The van der Waals surface area contributed by atoms with Gasteiger partial charge in [-0.05, 0) is 30.7 Å². The van der Waals surface area contributed by atoms with Crippen molar-refractivity contribution in [1.82, 2.24) is 5.32 Å². The van der Waals surface area contributed by atoms with Crippen molar-refractivity contribution >= 4 is 5.84 Å². The second-order valence-electron chi connectivity index (χ2n) is 5.04. The van der Waals surface area contributed by atoms with Gasteiger partial charge in [0.1, 0.15) is 18.3 Å². The molecule has 1 N–H and O–H groups in total. The van der Waals surface area contributed by atoms with Crippen molar-refractivity contribution in [2.24, 2.45) is 4.99 Å². The maximum absolute atomic E-state index is 14.1. The predicted octanol–water partition coefficient (Wildman–Crippen LogP) is 3.28. The van der Waals surface area contributed by atoms with E-state index < -0.39 is 5.82 Å². The number of halogens is 2. The number of rotatable bonds is 4. The van der Waals surface area contributed by atoms with E-state index in [-0.39, 0.29) is 18.2 Å². The molecule has 2 aromatic carbocycles. The van der Waals surface area contributed by atoms with Crippen LogP contribution < -0.4 is 10.1 Å². The Morgan fingerprint density at radius 2 is 1.95 bits per heavy atom. The number of nitrogens with zero attached hydrogens (tertiary/aromatic N) is 1. The monoisotopic (exact) mass is 302 g/mol. The number of benzene rings is 2. The van der Waals surface area contributed by atoms with Crippen molar-refractivity contribution in [3.63, 3.8) is 0 Å². The van der Waals surface area contributed by atoms with Crippen LogP contribution in [-0.4, -0.2) is 18.9 Å². The largest absolute Gasteiger partial charge is 0.486 e. The Morgan fingerprint density at radius 3 is 2.68 bits per heavy atom. The minimum atomic E-state index is -0.482. The van der Waals surface area contributed by atoms with E-state index in [2.05, 4.69) is 10.3 Å². The van der Waals surface area contributed by atoms with Crippen molar-refractivity contribution in [2.75, 3.05) is 13.1 Å². The molecule has 114 valence electrons. The fourth-order valence-electron chi connectivity index (χ4n) is 2.26. The number of nitrogens with one attached hydrogen (secondary N) is 1. The third kappa shape index (κ3) is 3.24. The molecule has 0 spiro atoms. The molecule has 22 heavy (non-hydrogen) atoms. The first kappa shape index (κ1) is 14.5. The number of hydrogen-bond donors (Lipinski definition) is 1. The highest BCUT2D eigenvalue weighted by Gasteiger charge is 2.11. The fourth-order valence-corrected chi connectivity index (χ4v) is 2.26. The molecule has 5 heteroatoms. The molecule has 0 radical (unpaired) electrons. The Morgan fingerprint density at radius 1 is 1.09 bits per heavy atom. The van der Waals surface area contributed by atoms with Gasteiger partial charge in [-0.2, -0.15) is 0 Å². The number of aliphatic imine (C=N–C) groups is 1. The van der Waals surface area contributed by atoms with Crippen LogP contribution in [0.1, 0.15) is 17.5 Å². The lowest BCUT2D eigenvalue weighted by atomic mass is 10.1. The second kappa shape index (κ2) is 6.56. The Kier molecular flexibility index (Phi) is 4.32. The molecule has 3 nitrogen and oxygen atoms in total. The number of hydrogen-bond acceptors (Lipinski definition) is 3. The van der Waals surface area contributed by atoms with Gasteiger partial charge in [-0.3, -0.25) is 4.99 Å². The summed E-state index contributed by atoms with van der Waals surface area (Å²) < 4.78 is 33.0. The molecule has 0 amide bonds. The van der Waals surface area contributed by atoms with Gasteiger partial charge in [0.2, 0.25) is 0 Å². The van der Waals surface area contributed by atoms with E-state index in [9.17, 15) is 8.78 Å². The van der Waals surface area contributed by atoms with Crippen molar-refractivity contribution < 1.29 is 13.5 Å². The van der Waals surface area contributed by atoms with Gasteiger partial charge in [-0.15, -0.1) is 0 Å². The zero-order valence-electron chi connectivity index (χ0n) is 12.0. The third-order valence-corrected chi connectivity index (χ3v) is 3.44. The van der Waals surface area contributed by atoms with Crippen LogP contribution in [0.15, 0.2) is 47.5 Å². The molecular weight excluding hydrogens is 286 g/mol.